The lowest BCUT2D eigenvalue weighted by molar-refractivity contribution is -0.392. The summed E-state index contributed by atoms with van der Waals surface area (Å²) in [5.74, 6) is 0. The Morgan fingerprint density at radius 1 is 1.04 bits per heavy atom. The van der Waals surface area contributed by atoms with Crippen molar-refractivity contribution in [3.8, 4) is 6.07 Å². The molecule has 0 saturated carbocycles. The minimum atomic E-state index is -0.750. The van der Waals surface area contributed by atoms with Crippen molar-refractivity contribution in [3.63, 3.8) is 0 Å². The SMILES string of the molecule is Cc1ccc(Nc2c([N+](=O)[O-])cc(C#N)cc2[N+](=O)[O-])c(C)c1. The van der Waals surface area contributed by atoms with Crippen LogP contribution in [0.3, 0.4) is 0 Å². The third kappa shape index (κ3) is 3.24. The molecule has 2 rings (SSSR count). The van der Waals surface area contributed by atoms with Gasteiger partial charge in [0.1, 0.15) is 0 Å². The van der Waals surface area contributed by atoms with Crippen molar-refractivity contribution < 1.29 is 9.85 Å². The van der Waals surface area contributed by atoms with Crippen LogP contribution in [0.2, 0.25) is 0 Å². The highest BCUT2D eigenvalue weighted by atomic mass is 16.6. The molecule has 0 radical (unpaired) electrons. The maximum absolute atomic E-state index is 11.2. The van der Waals surface area contributed by atoms with Gasteiger partial charge in [0.15, 0.2) is 5.69 Å². The predicted molar refractivity (Wildman–Crippen MR) is 83.7 cm³/mol. The van der Waals surface area contributed by atoms with E-state index < -0.39 is 21.2 Å². The summed E-state index contributed by atoms with van der Waals surface area (Å²) < 4.78 is 0. The van der Waals surface area contributed by atoms with Gasteiger partial charge in [-0.1, -0.05) is 17.7 Å². The molecule has 0 heterocycles. The molecule has 116 valence electrons. The van der Waals surface area contributed by atoms with Crippen molar-refractivity contribution in [2.45, 2.75) is 13.8 Å². The summed E-state index contributed by atoms with van der Waals surface area (Å²) in [6.45, 7) is 3.68. The zero-order valence-electron chi connectivity index (χ0n) is 12.4. The third-order valence-electron chi connectivity index (χ3n) is 3.26. The van der Waals surface area contributed by atoms with E-state index in [-0.39, 0.29) is 11.3 Å². The van der Waals surface area contributed by atoms with Gasteiger partial charge in [0.05, 0.1) is 21.5 Å². The number of anilines is 2. The summed E-state index contributed by atoms with van der Waals surface area (Å²) in [6.07, 6.45) is 0. The molecule has 0 aliphatic carbocycles. The van der Waals surface area contributed by atoms with Crippen LogP contribution in [-0.4, -0.2) is 9.85 Å². The van der Waals surface area contributed by atoms with Crippen LogP contribution in [-0.2, 0) is 0 Å². The number of benzene rings is 2. The molecule has 23 heavy (non-hydrogen) atoms. The van der Waals surface area contributed by atoms with Crippen molar-refractivity contribution in [1.82, 2.24) is 0 Å². The summed E-state index contributed by atoms with van der Waals surface area (Å²) in [5, 5.41) is 34.1. The van der Waals surface area contributed by atoms with Gasteiger partial charge < -0.3 is 5.32 Å². The minimum Gasteiger partial charge on any atom is -0.344 e. The van der Waals surface area contributed by atoms with Crippen molar-refractivity contribution in [1.29, 1.82) is 5.26 Å². The van der Waals surface area contributed by atoms with Crippen LogP contribution < -0.4 is 5.32 Å². The molecular weight excluding hydrogens is 300 g/mol. The van der Waals surface area contributed by atoms with Crippen LogP contribution >= 0.6 is 0 Å². The predicted octanol–water partition coefficient (Wildman–Crippen LogP) is 3.74. The Labute approximate surface area is 131 Å². The molecular formula is C15H12N4O4. The molecule has 0 amide bonds. The maximum atomic E-state index is 11.2. The second-order valence-electron chi connectivity index (χ2n) is 4.96. The van der Waals surface area contributed by atoms with Crippen LogP contribution in [0.5, 0.6) is 0 Å². The molecule has 0 aromatic heterocycles. The molecule has 2 aromatic rings. The van der Waals surface area contributed by atoms with Crippen molar-refractivity contribution in [2.24, 2.45) is 0 Å². The fraction of sp³-hybridized carbons (Fsp3) is 0.133. The number of hydrogen-bond acceptors (Lipinski definition) is 6. The van der Waals surface area contributed by atoms with Crippen LogP contribution in [0.4, 0.5) is 22.7 Å². The highest BCUT2D eigenvalue weighted by molar-refractivity contribution is 5.81. The van der Waals surface area contributed by atoms with Gasteiger partial charge in [0.2, 0.25) is 0 Å². The molecule has 0 bridgehead atoms. The number of nitro benzene ring substituents is 2. The molecule has 0 aliphatic rings. The molecule has 0 aliphatic heterocycles. The first kappa shape index (κ1) is 15.9. The van der Waals surface area contributed by atoms with Crippen LogP contribution in [0.15, 0.2) is 30.3 Å². The Morgan fingerprint density at radius 3 is 2.04 bits per heavy atom. The van der Waals surface area contributed by atoms with Gasteiger partial charge in [-0.15, -0.1) is 0 Å². The molecule has 0 saturated heterocycles. The highest BCUT2D eigenvalue weighted by Gasteiger charge is 2.27. The summed E-state index contributed by atoms with van der Waals surface area (Å²) in [7, 11) is 0. The van der Waals surface area contributed by atoms with E-state index in [1.54, 1.807) is 25.1 Å². The lowest BCUT2D eigenvalue weighted by atomic mass is 10.1. The number of nitriles is 1. The van der Waals surface area contributed by atoms with Gasteiger partial charge in [-0.25, -0.2) is 0 Å². The molecule has 0 spiro atoms. The average molecular weight is 312 g/mol. The number of nitrogens with one attached hydrogen (secondary N) is 1. The molecule has 0 fully saturated rings. The van der Waals surface area contributed by atoms with Gasteiger partial charge in [0, 0.05) is 17.8 Å². The number of nitro groups is 2. The third-order valence-corrected chi connectivity index (χ3v) is 3.26. The molecule has 0 unspecified atom stereocenters. The van der Waals surface area contributed by atoms with Crippen LogP contribution in [0.25, 0.3) is 0 Å². The maximum Gasteiger partial charge on any atom is 0.301 e. The summed E-state index contributed by atoms with van der Waals surface area (Å²) >= 11 is 0. The lowest BCUT2D eigenvalue weighted by Crippen LogP contribution is -2.03. The standard InChI is InChI=1S/C15H12N4O4/c1-9-3-4-12(10(2)5-9)17-15-13(18(20)21)6-11(8-16)7-14(15)19(22)23/h3-7,17H,1-2H3. The van der Waals surface area contributed by atoms with Gasteiger partial charge in [-0.2, -0.15) is 5.26 Å². The van der Waals surface area contributed by atoms with E-state index in [2.05, 4.69) is 5.32 Å². The summed E-state index contributed by atoms with van der Waals surface area (Å²) in [6, 6.07) is 9.05. The molecule has 8 heteroatoms. The molecule has 2 aromatic carbocycles. The zero-order chi connectivity index (χ0) is 17.1. The smallest absolute Gasteiger partial charge is 0.301 e. The quantitative estimate of drug-likeness (QED) is 0.677. The van der Waals surface area contributed by atoms with Gasteiger partial charge in [-0.3, -0.25) is 20.2 Å². The van der Waals surface area contributed by atoms with Crippen LogP contribution in [0, 0.1) is 45.4 Å². The normalized spacial score (nSPS) is 9.96. The Bertz CT molecular complexity index is 820. The molecule has 0 atom stereocenters. The van der Waals surface area contributed by atoms with Gasteiger partial charge >= 0.3 is 11.4 Å². The fourth-order valence-corrected chi connectivity index (χ4v) is 2.18. The Hall–Kier alpha value is -3.47. The minimum absolute atomic E-state index is 0.144. The monoisotopic (exact) mass is 312 g/mol. The zero-order valence-corrected chi connectivity index (χ0v) is 12.4. The first-order chi connectivity index (χ1) is 10.8. The lowest BCUT2D eigenvalue weighted by Gasteiger charge is -2.11. The topological polar surface area (TPSA) is 122 Å². The van der Waals surface area contributed by atoms with Crippen molar-refractivity contribution >= 4 is 22.7 Å². The highest BCUT2D eigenvalue weighted by Crippen LogP contribution is 2.38. The average Bonchev–Trinajstić information content (AvgIpc) is 2.49. The second-order valence-corrected chi connectivity index (χ2v) is 4.96. The van der Waals surface area contributed by atoms with E-state index in [4.69, 9.17) is 5.26 Å². The second kappa shape index (κ2) is 6.11. The summed E-state index contributed by atoms with van der Waals surface area (Å²) in [5.41, 5.74) is 0.883. The van der Waals surface area contributed by atoms with Crippen molar-refractivity contribution in [2.75, 3.05) is 5.32 Å². The number of nitrogens with zero attached hydrogens (tertiary/aromatic N) is 3. The van der Waals surface area contributed by atoms with Gasteiger partial charge in [0.25, 0.3) is 0 Å². The Kier molecular flexibility index (Phi) is 4.23. The largest absolute Gasteiger partial charge is 0.344 e. The fourth-order valence-electron chi connectivity index (χ4n) is 2.18. The number of aryl methyl sites for hydroxylation is 2. The summed E-state index contributed by atoms with van der Waals surface area (Å²) in [4.78, 5) is 21.0. The van der Waals surface area contributed by atoms with Crippen LogP contribution in [0.1, 0.15) is 16.7 Å². The first-order valence-electron chi connectivity index (χ1n) is 6.54. The van der Waals surface area contributed by atoms with Gasteiger partial charge in [-0.05, 0) is 25.5 Å². The van der Waals surface area contributed by atoms with E-state index in [0.717, 1.165) is 23.3 Å². The Morgan fingerprint density at radius 2 is 1.61 bits per heavy atom. The molecule has 1 N–H and O–H groups in total. The van der Waals surface area contributed by atoms with E-state index in [1.807, 2.05) is 13.0 Å². The molecule has 8 nitrogen and oxygen atoms in total. The Balaban J connectivity index is 2.66. The van der Waals surface area contributed by atoms with E-state index >= 15 is 0 Å². The number of hydrogen-bond donors (Lipinski definition) is 1. The number of rotatable bonds is 4. The first-order valence-corrected chi connectivity index (χ1v) is 6.54. The van der Waals surface area contributed by atoms with Crippen molar-refractivity contribution in [3.05, 3.63) is 67.3 Å². The van der Waals surface area contributed by atoms with E-state index in [1.165, 1.54) is 0 Å². The van der Waals surface area contributed by atoms with E-state index in [0.29, 0.717) is 5.69 Å². The van der Waals surface area contributed by atoms with E-state index in [9.17, 15) is 20.2 Å².